The van der Waals surface area contributed by atoms with Gasteiger partial charge >= 0.3 is 0 Å². The third-order valence-electron chi connectivity index (χ3n) is 0.322. The number of rotatable bonds is 1. The zero-order valence-corrected chi connectivity index (χ0v) is 9.05. The lowest BCUT2D eigenvalue weighted by Crippen LogP contribution is -1.68. The maximum Gasteiger partial charge on any atom is 0.0893 e. The Labute approximate surface area is 79.9 Å². The van der Waals surface area contributed by atoms with Crippen molar-refractivity contribution in [2.24, 2.45) is 0 Å². The molecule has 0 saturated carbocycles. The fourth-order valence-corrected chi connectivity index (χ4v) is 0.736. The predicted molar refractivity (Wildman–Crippen MR) is 51.6 cm³/mol. The van der Waals surface area contributed by atoms with Crippen molar-refractivity contribution in [2.75, 3.05) is 5.88 Å². The minimum atomic E-state index is 0.516. The van der Waals surface area contributed by atoms with Gasteiger partial charge in [-0.2, -0.15) is 0 Å². The highest BCUT2D eigenvalue weighted by atomic mass is 127. The zero-order valence-electron chi connectivity index (χ0n) is 3.22. The molecule has 4 heteroatoms. The maximum atomic E-state index is 5.50. The Hall–Kier alpha value is 1.78. The quantitative estimate of drug-likeness (QED) is 0.495. The first kappa shape index (κ1) is 8.78. The summed E-state index contributed by atoms with van der Waals surface area (Å²) in [6.07, 6.45) is 0. The van der Waals surface area contributed by atoms with Crippen LogP contribution in [0.1, 0.15) is 0 Å². The van der Waals surface area contributed by atoms with E-state index in [1.807, 2.05) is 22.6 Å². The molecule has 0 unspecified atom stereocenters. The summed E-state index contributed by atoms with van der Waals surface area (Å²) >= 11 is 15.0. The molecule has 0 aromatic rings. The highest BCUT2D eigenvalue weighted by Gasteiger charge is 1.91. The van der Waals surface area contributed by atoms with Gasteiger partial charge in [0.25, 0.3) is 0 Å². The van der Waals surface area contributed by atoms with Crippen molar-refractivity contribution < 1.29 is 0 Å². The van der Waals surface area contributed by atoms with Gasteiger partial charge in [0.1, 0.15) is 0 Å². The molecule has 0 saturated heterocycles. The van der Waals surface area contributed by atoms with Crippen molar-refractivity contribution in [3.8, 4) is 0 Å². The Bertz CT molecular complexity index is 84.9. The summed E-state index contributed by atoms with van der Waals surface area (Å²) in [5, 5.41) is 0. The molecule has 0 aliphatic rings. The summed E-state index contributed by atoms with van der Waals surface area (Å²) in [5.74, 6) is 0.516. The molecule has 0 bridgehead atoms. The SMILES string of the molecule is ClCC(I)=C(Cl)I. The number of halogens is 4. The second-order valence-electron chi connectivity index (χ2n) is 0.799. The van der Waals surface area contributed by atoms with Gasteiger partial charge < -0.3 is 0 Å². The van der Waals surface area contributed by atoms with Gasteiger partial charge in [-0.1, -0.05) is 11.6 Å². The maximum absolute atomic E-state index is 5.50. The van der Waals surface area contributed by atoms with Gasteiger partial charge in [0, 0.05) is 3.58 Å². The molecule has 0 aromatic carbocycles. The lowest BCUT2D eigenvalue weighted by Gasteiger charge is -1.86. The van der Waals surface area contributed by atoms with Gasteiger partial charge in [0.05, 0.1) is 8.92 Å². The zero-order chi connectivity index (χ0) is 5.86. The lowest BCUT2D eigenvalue weighted by atomic mass is 10.8. The average Bonchev–Trinajstić information content (AvgIpc) is 1.65. The van der Waals surface area contributed by atoms with Gasteiger partial charge in [-0.15, -0.1) is 11.6 Å². The lowest BCUT2D eigenvalue weighted by molar-refractivity contribution is 1.76. The Morgan fingerprint density at radius 3 is 1.86 bits per heavy atom. The van der Waals surface area contributed by atoms with Crippen LogP contribution < -0.4 is 0 Å². The molecule has 0 atom stereocenters. The van der Waals surface area contributed by atoms with Crippen molar-refractivity contribution in [1.29, 1.82) is 0 Å². The van der Waals surface area contributed by atoms with Crippen LogP contribution in [-0.4, -0.2) is 5.88 Å². The molecule has 0 N–H and O–H groups in total. The number of hydrogen-bond acceptors (Lipinski definition) is 0. The van der Waals surface area contributed by atoms with Crippen LogP contribution in [0.25, 0.3) is 0 Å². The fraction of sp³-hybridized carbons (Fsp3) is 0.333. The van der Waals surface area contributed by atoms with E-state index in [1.165, 1.54) is 0 Å². The summed E-state index contributed by atoms with van der Waals surface area (Å²) in [6, 6.07) is 0. The Kier molecular flexibility index (Phi) is 5.82. The summed E-state index contributed by atoms with van der Waals surface area (Å²) in [4.78, 5) is 0. The predicted octanol–water partition coefficient (Wildman–Crippen LogP) is 3.50. The largest absolute Gasteiger partial charge is 0.121 e. The van der Waals surface area contributed by atoms with E-state index in [2.05, 4.69) is 22.6 Å². The molecule has 0 heterocycles. The van der Waals surface area contributed by atoms with Crippen LogP contribution in [0.4, 0.5) is 0 Å². The molecular formula is C3H2Cl2I2. The van der Waals surface area contributed by atoms with Crippen LogP contribution in [0.2, 0.25) is 0 Å². The van der Waals surface area contributed by atoms with E-state index >= 15 is 0 Å². The first-order chi connectivity index (χ1) is 3.18. The fourth-order valence-electron chi connectivity index (χ4n) is 0.0505. The van der Waals surface area contributed by atoms with Crippen molar-refractivity contribution >= 4 is 68.4 Å². The summed E-state index contributed by atoms with van der Waals surface area (Å²) in [7, 11) is 0. The van der Waals surface area contributed by atoms with Crippen molar-refractivity contribution in [3.63, 3.8) is 0 Å². The van der Waals surface area contributed by atoms with E-state index in [9.17, 15) is 0 Å². The molecule has 0 radical (unpaired) electrons. The molecule has 0 aromatic heterocycles. The average molecular weight is 363 g/mol. The van der Waals surface area contributed by atoms with Gasteiger partial charge in [-0.05, 0) is 45.2 Å². The van der Waals surface area contributed by atoms with Crippen molar-refractivity contribution in [3.05, 3.63) is 6.62 Å². The molecule has 42 valence electrons. The molecule has 0 aliphatic heterocycles. The van der Waals surface area contributed by atoms with E-state index in [-0.39, 0.29) is 0 Å². The Morgan fingerprint density at radius 1 is 1.43 bits per heavy atom. The van der Waals surface area contributed by atoms with Crippen LogP contribution in [0.3, 0.4) is 0 Å². The van der Waals surface area contributed by atoms with E-state index in [0.29, 0.717) is 5.88 Å². The van der Waals surface area contributed by atoms with E-state index in [0.717, 1.165) is 6.62 Å². The smallest absolute Gasteiger partial charge is 0.0893 e. The van der Waals surface area contributed by atoms with Crippen LogP contribution in [0.15, 0.2) is 6.62 Å². The molecular weight excluding hydrogens is 361 g/mol. The van der Waals surface area contributed by atoms with E-state index < -0.39 is 0 Å². The molecule has 0 spiro atoms. The Balaban J connectivity index is 3.72. The van der Waals surface area contributed by atoms with Gasteiger partial charge in [0.15, 0.2) is 0 Å². The molecule has 0 amide bonds. The third-order valence-corrected chi connectivity index (χ3v) is 4.19. The molecule has 0 aliphatic carbocycles. The number of alkyl halides is 1. The summed E-state index contributed by atoms with van der Waals surface area (Å²) in [6.45, 7) is 0. The molecule has 7 heavy (non-hydrogen) atoms. The summed E-state index contributed by atoms with van der Waals surface area (Å²) in [5.41, 5.74) is 0. The highest BCUT2D eigenvalue weighted by Crippen LogP contribution is 2.22. The van der Waals surface area contributed by atoms with Crippen LogP contribution in [0.5, 0.6) is 0 Å². The van der Waals surface area contributed by atoms with Crippen molar-refractivity contribution in [1.82, 2.24) is 0 Å². The van der Waals surface area contributed by atoms with E-state index in [4.69, 9.17) is 23.2 Å². The second-order valence-corrected chi connectivity index (χ2v) is 4.46. The van der Waals surface area contributed by atoms with Gasteiger partial charge in [0.2, 0.25) is 0 Å². The normalized spacial score (nSPS) is 13.7. The van der Waals surface area contributed by atoms with Crippen LogP contribution in [-0.2, 0) is 0 Å². The monoisotopic (exact) mass is 362 g/mol. The van der Waals surface area contributed by atoms with Crippen LogP contribution in [0, 0.1) is 0 Å². The number of allylic oxidation sites excluding steroid dienone is 1. The highest BCUT2D eigenvalue weighted by molar-refractivity contribution is 14.1. The standard InChI is InChI=1S/C3H2Cl2I2/c4-1-2(6)3(5)7/h1H2. The Morgan fingerprint density at radius 2 is 1.86 bits per heavy atom. The van der Waals surface area contributed by atoms with Gasteiger partial charge in [-0.3, -0.25) is 0 Å². The minimum absolute atomic E-state index is 0.516. The molecule has 0 nitrogen and oxygen atoms in total. The second kappa shape index (κ2) is 4.64. The van der Waals surface area contributed by atoms with E-state index in [1.54, 1.807) is 0 Å². The van der Waals surface area contributed by atoms with Crippen LogP contribution >= 0.6 is 68.4 Å². The molecule has 0 rings (SSSR count). The van der Waals surface area contributed by atoms with Gasteiger partial charge in [-0.25, -0.2) is 0 Å². The first-order valence-corrected chi connectivity index (χ1v) is 4.51. The number of hydrogen-bond donors (Lipinski definition) is 0. The topological polar surface area (TPSA) is 0 Å². The minimum Gasteiger partial charge on any atom is -0.121 e. The molecule has 0 fully saturated rings. The summed E-state index contributed by atoms with van der Waals surface area (Å²) < 4.78 is 1.76. The first-order valence-electron chi connectivity index (χ1n) is 1.44. The third kappa shape index (κ3) is 4.29. The van der Waals surface area contributed by atoms with Crippen molar-refractivity contribution in [2.45, 2.75) is 0 Å².